The Balaban J connectivity index is 0.000000164. The fourth-order valence-corrected chi connectivity index (χ4v) is 11.2. The van der Waals surface area contributed by atoms with Crippen molar-refractivity contribution < 1.29 is 60.9 Å². The zero-order chi connectivity index (χ0) is 70.2. The predicted octanol–water partition coefficient (Wildman–Crippen LogP) is 10.2. The molecular weight excluding hydrogens is 1340 g/mol. The van der Waals surface area contributed by atoms with Crippen LogP contribution in [0.15, 0.2) is 169 Å². The molecule has 0 bridgehead atoms. The minimum absolute atomic E-state index is 0.0524. The molecule has 24 nitrogen and oxygen atoms in total. The molecule has 506 valence electrons. The Morgan fingerprint density at radius 1 is 0.663 bits per heavy atom. The van der Waals surface area contributed by atoms with E-state index in [1.54, 1.807) is 39.2 Å². The first-order valence-corrected chi connectivity index (χ1v) is 31.2. The number of fused-ring (bicyclic) bond motifs is 3. The van der Waals surface area contributed by atoms with E-state index in [1.165, 1.54) is 12.1 Å². The molecule has 29 heteroatoms. The average molecular weight is 1410 g/mol. The number of carboxylic acids is 1. The number of nitrogens with one attached hydrogen (secondary N) is 5. The lowest BCUT2D eigenvalue weighted by Crippen LogP contribution is -2.34. The van der Waals surface area contributed by atoms with Crippen LogP contribution in [-0.2, 0) is 21.0 Å². The van der Waals surface area contributed by atoms with Gasteiger partial charge >= 0.3 is 12.1 Å². The minimum Gasteiger partial charge on any atom is -0.489 e. The largest absolute Gasteiger partial charge is 0.490 e. The number of aliphatic carboxylic acids is 1. The van der Waals surface area contributed by atoms with E-state index in [0.29, 0.717) is 102 Å². The summed E-state index contributed by atoms with van der Waals surface area (Å²) in [6.07, 6.45) is -1.63. The first-order valence-electron chi connectivity index (χ1n) is 30.4. The van der Waals surface area contributed by atoms with E-state index >= 15 is 0 Å². The van der Waals surface area contributed by atoms with Crippen LogP contribution in [0.1, 0.15) is 86.5 Å². The fourth-order valence-electron chi connectivity index (χ4n) is 10.8. The van der Waals surface area contributed by atoms with E-state index in [1.807, 2.05) is 127 Å². The second-order valence-corrected chi connectivity index (χ2v) is 22.7. The highest BCUT2D eigenvalue weighted by atomic mass is 79.9. The molecular formula is C69H66BrF4N15O9. The van der Waals surface area contributed by atoms with E-state index in [4.69, 9.17) is 42.3 Å². The quantitative estimate of drug-likeness (QED) is 0.0230. The Morgan fingerprint density at radius 3 is 1.66 bits per heavy atom. The smallest absolute Gasteiger partial charge is 0.489 e. The SMILES string of the molecule is C=CC(=O)Nc1ccccc1C1CCNc2c(C(N)=O)c(-c3ccc(F)c(Br)c3)nn21.CC#CC(=O)NCC1CCNc2c(C(N)=O)c(-c3ccc(Oc4ccccc4)cc3)nn21.NCC1CCNc2c(C(N)=O)c(-c3ccc(OCc4ccccc4)cc3)nn21.O=C(O)C(F)(F)F. The number of nitrogens with two attached hydrogens (primary N) is 4. The summed E-state index contributed by atoms with van der Waals surface area (Å²) < 4.78 is 62.6. The topological polar surface area (TPSA) is 359 Å². The first kappa shape index (κ1) is 70.5. The number of amides is 5. The van der Waals surface area contributed by atoms with Crippen LogP contribution in [0.3, 0.4) is 0 Å². The van der Waals surface area contributed by atoms with Crippen molar-refractivity contribution in [2.75, 3.05) is 54.0 Å². The number of hydrogen-bond donors (Lipinski definition) is 10. The fraction of sp³-hybridized carbons (Fsp3) is 0.203. The standard InChI is InChI=1S/C24H23N5O3.C22H19BrFN5O2.C21H23N5O2.C2HF3O2/c1-2-6-20(30)27-15-17-13-14-26-24-21(23(25)31)22(28-29(17)24)16-9-11-19(12-10-16)32-18-7-4-3-5-8-18;1-2-18(30)27-16-6-4-3-5-13(16)17-9-10-26-22-19(21(25)31)20(28-29(17)22)12-7-8-15(24)14(23)11-12;22-12-16-10-11-24-21-18(20(23)27)19(25-26(16)21)15-6-8-17(9-7-15)28-13-14-4-2-1-3-5-14;3-2(4,5)1(6)7/h3-5,7-12,17,26H,13-15H2,1H3,(H2,25,31)(H,27,30);2-8,11,17,26H,1,9-10H2,(H2,25,31)(H,27,30);1-9,16,24H,10-13,22H2,(H2,23,27);(H,6,7). The number of carbonyl (C=O) groups is 6. The van der Waals surface area contributed by atoms with Crippen LogP contribution >= 0.6 is 15.9 Å². The third kappa shape index (κ3) is 17.0. The number of carbonyl (C=O) groups excluding carboxylic acids is 5. The van der Waals surface area contributed by atoms with Crippen molar-refractivity contribution in [2.24, 2.45) is 22.9 Å². The van der Waals surface area contributed by atoms with Gasteiger partial charge in [-0.25, -0.2) is 23.2 Å². The molecule has 0 saturated heterocycles. The number of para-hydroxylation sites is 2. The molecule has 0 fully saturated rings. The van der Waals surface area contributed by atoms with Crippen molar-refractivity contribution in [1.82, 2.24) is 34.7 Å². The van der Waals surface area contributed by atoms with Crippen molar-refractivity contribution >= 4 is 74.6 Å². The van der Waals surface area contributed by atoms with Crippen LogP contribution in [0.25, 0.3) is 33.8 Å². The Morgan fingerprint density at radius 2 is 1.13 bits per heavy atom. The van der Waals surface area contributed by atoms with E-state index in [0.717, 1.165) is 53.1 Å². The van der Waals surface area contributed by atoms with Crippen LogP contribution in [-0.4, -0.2) is 109 Å². The van der Waals surface area contributed by atoms with Gasteiger partial charge in [0, 0.05) is 60.7 Å². The summed E-state index contributed by atoms with van der Waals surface area (Å²) in [5.74, 6) is 3.32. The second-order valence-electron chi connectivity index (χ2n) is 21.9. The molecule has 0 radical (unpaired) electrons. The van der Waals surface area contributed by atoms with Crippen molar-refractivity contribution in [2.45, 2.75) is 57.1 Å². The lowest BCUT2D eigenvalue weighted by Gasteiger charge is -2.28. The van der Waals surface area contributed by atoms with Gasteiger partial charge in [-0.05, 0) is 145 Å². The molecule has 98 heavy (non-hydrogen) atoms. The molecule has 3 aliphatic heterocycles. The van der Waals surface area contributed by atoms with Crippen LogP contribution < -0.4 is 59.0 Å². The molecule has 5 amide bonds. The molecule has 0 saturated carbocycles. The average Bonchev–Trinajstić information content (AvgIpc) is 1.62. The van der Waals surface area contributed by atoms with Crippen LogP contribution in [0, 0.1) is 17.7 Å². The van der Waals surface area contributed by atoms with Gasteiger partial charge in [-0.15, -0.1) is 0 Å². The number of alkyl halides is 3. The zero-order valence-corrected chi connectivity index (χ0v) is 54.0. The van der Waals surface area contributed by atoms with Gasteiger partial charge in [-0.2, -0.15) is 28.5 Å². The monoisotopic (exact) mass is 1400 g/mol. The Kier molecular flexibility index (Phi) is 23.1. The molecule has 3 atom stereocenters. The van der Waals surface area contributed by atoms with Gasteiger partial charge in [0.25, 0.3) is 23.6 Å². The predicted molar refractivity (Wildman–Crippen MR) is 363 cm³/mol. The zero-order valence-electron chi connectivity index (χ0n) is 52.4. The van der Waals surface area contributed by atoms with Gasteiger partial charge in [-0.1, -0.05) is 79.2 Å². The van der Waals surface area contributed by atoms with Gasteiger partial charge in [0.2, 0.25) is 5.91 Å². The normalized spacial score (nSPS) is 14.7. The molecule has 0 aliphatic carbocycles. The highest BCUT2D eigenvalue weighted by molar-refractivity contribution is 9.10. The number of carboxylic acid groups (broad SMARTS) is 1. The van der Waals surface area contributed by atoms with Crippen molar-refractivity contribution in [1.29, 1.82) is 0 Å². The van der Waals surface area contributed by atoms with Crippen LogP contribution in [0.5, 0.6) is 17.2 Å². The lowest BCUT2D eigenvalue weighted by atomic mass is 9.99. The van der Waals surface area contributed by atoms with Crippen molar-refractivity contribution in [3.8, 4) is 62.9 Å². The summed E-state index contributed by atoms with van der Waals surface area (Å²) in [4.78, 5) is 69.3. The van der Waals surface area contributed by atoms with Gasteiger partial charge in [0.1, 0.15) is 80.9 Å². The summed E-state index contributed by atoms with van der Waals surface area (Å²) in [6.45, 7) is 8.35. The molecule has 3 aromatic heterocycles. The first-order chi connectivity index (χ1) is 47.1. The lowest BCUT2D eigenvalue weighted by molar-refractivity contribution is -0.192. The molecule has 3 unspecified atom stereocenters. The number of nitrogens with zero attached hydrogens (tertiary/aromatic N) is 6. The molecule has 0 spiro atoms. The van der Waals surface area contributed by atoms with E-state index < -0.39 is 35.7 Å². The number of ether oxygens (including phenoxy) is 2. The Hall–Kier alpha value is -11.8. The van der Waals surface area contributed by atoms with Gasteiger partial charge < -0.3 is 64.1 Å². The molecule has 9 aromatic rings. The van der Waals surface area contributed by atoms with Crippen LogP contribution in [0.4, 0.5) is 40.7 Å². The van der Waals surface area contributed by atoms with E-state index in [-0.39, 0.29) is 40.0 Å². The minimum atomic E-state index is -5.08. The molecule has 6 aromatic carbocycles. The number of primary amides is 3. The third-order valence-electron chi connectivity index (χ3n) is 15.4. The van der Waals surface area contributed by atoms with Crippen molar-refractivity contribution in [3.63, 3.8) is 0 Å². The third-order valence-corrected chi connectivity index (χ3v) is 16.0. The van der Waals surface area contributed by atoms with Crippen molar-refractivity contribution in [3.05, 3.63) is 202 Å². The maximum atomic E-state index is 13.7. The molecule has 14 N–H and O–H groups in total. The van der Waals surface area contributed by atoms with Gasteiger partial charge in [0.05, 0.1) is 22.6 Å². The van der Waals surface area contributed by atoms with E-state index in [9.17, 15) is 41.5 Å². The maximum absolute atomic E-state index is 13.7. The molecule has 3 aliphatic rings. The Bertz CT molecular complexity index is 4460. The van der Waals surface area contributed by atoms with Gasteiger partial charge in [0.15, 0.2) is 0 Å². The summed E-state index contributed by atoms with van der Waals surface area (Å²) in [5.41, 5.74) is 30.0. The highest BCUT2D eigenvalue weighted by Gasteiger charge is 2.38. The van der Waals surface area contributed by atoms with Gasteiger partial charge in [-0.3, -0.25) is 24.0 Å². The number of anilines is 4. The highest BCUT2D eigenvalue weighted by Crippen LogP contribution is 2.41. The summed E-state index contributed by atoms with van der Waals surface area (Å²) in [6, 6.07) is 45.8. The number of aromatic nitrogens is 6. The Labute approximate surface area is 566 Å². The number of benzene rings is 6. The molecule has 6 heterocycles. The summed E-state index contributed by atoms with van der Waals surface area (Å²) >= 11 is 3.17. The van der Waals surface area contributed by atoms with Crippen LogP contribution in [0.2, 0.25) is 0 Å². The summed E-state index contributed by atoms with van der Waals surface area (Å²) in [7, 11) is 0. The number of rotatable bonds is 17. The number of halogens is 5. The van der Waals surface area contributed by atoms with E-state index in [2.05, 4.69) is 76.2 Å². The summed E-state index contributed by atoms with van der Waals surface area (Å²) in [5, 5.41) is 36.4. The second kappa shape index (κ2) is 32.1. The number of hydrogen-bond acceptors (Lipinski definition) is 15. The maximum Gasteiger partial charge on any atom is 0.490 e. The molecule has 12 rings (SSSR count).